The standard InChI is InChI=1S/C50H26N4O2/c51-27-29-10-9-11-30(28-52)46(29)31-24-32(53-40-16-5-1-14-38(40)47-42(53)22-20-36-34-12-3-7-18-44(34)55-49(36)47)26-33(25-31)54-41-17-6-2-15-39(41)48-43(54)23-21-37-35-13-4-8-19-45(35)56-50(37)48/h1-26H. The van der Waals surface area contributed by atoms with Crippen molar-refractivity contribution in [3.05, 3.63) is 169 Å². The minimum atomic E-state index is 0.435. The zero-order valence-electron chi connectivity index (χ0n) is 29.6. The Labute approximate surface area is 318 Å². The maximum atomic E-state index is 10.4. The van der Waals surface area contributed by atoms with Crippen LogP contribution in [0.15, 0.2) is 167 Å². The highest BCUT2D eigenvalue weighted by Gasteiger charge is 2.23. The van der Waals surface area contributed by atoms with Crippen LogP contribution in [0.4, 0.5) is 0 Å². The number of hydrogen-bond acceptors (Lipinski definition) is 4. The molecule has 0 radical (unpaired) electrons. The molecule has 0 saturated heterocycles. The topological polar surface area (TPSA) is 83.7 Å². The number of benzene rings is 8. The summed E-state index contributed by atoms with van der Waals surface area (Å²) in [5, 5.41) is 29.3. The second-order valence-electron chi connectivity index (χ2n) is 14.3. The largest absolute Gasteiger partial charge is 0.455 e. The van der Waals surface area contributed by atoms with Crippen LogP contribution in [0.25, 0.3) is 110 Å². The second-order valence-corrected chi connectivity index (χ2v) is 14.3. The first-order chi connectivity index (χ1) is 27.7. The first-order valence-electron chi connectivity index (χ1n) is 18.5. The van der Waals surface area contributed by atoms with Gasteiger partial charge in [-0.1, -0.05) is 78.9 Å². The molecule has 8 aromatic carbocycles. The third kappa shape index (κ3) is 4.02. The average molecular weight is 715 g/mol. The van der Waals surface area contributed by atoms with E-state index in [-0.39, 0.29) is 0 Å². The average Bonchev–Trinajstić information content (AvgIpc) is 4.00. The molecule has 0 fully saturated rings. The number of nitriles is 2. The first kappa shape index (κ1) is 30.4. The van der Waals surface area contributed by atoms with E-state index in [0.717, 1.165) is 104 Å². The van der Waals surface area contributed by atoms with Crippen LogP contribution in [0, 0.1) is 22.7 Å². The van der Waals surface area contributed by atoms with Gasteiger partial charge in [-0.2, -0.15) is 10.5 Å². The van der Waals surface area contributed by atoms with Crippen LogP contribution in [-0.4, -0.2) is 9.13 Å². The van der Waals surface area contributed by atoms with Crippen LogP contribution in [-0.2, 0) is 0 Å². The highest BCUT2D eigenvalue weighted by atomic mass is 16.3. The Kier molecular flexibility index (Phi) is 6.10. The summed E-state index contributed by atoms with van der Waals surface area (Å²) in [7, 11) is 0. The lowest BCUT2D eigenvalue weighted by Crippen LogP contribution is -2.01. The molecule has 0 unspecified atom stereocenters. The molecule has 0 N–H and O–H groups in total. The van der Waals surface area contributed by atoms with Crippen molar-refractivity contribution in [1.82, 2.24) is 9.13 Å². The molecule has 0 spiro atoms. The summed E-state index contributed by atoms with van der Waals surface area (Å²) in [6.07, 6.45) is 0. The molecule has 56 heavy (non-hydrogen) atoms. The molecule has 12 rings (SSSR count). The van der Waals surface area contributed by atoms with Gasteiger partial charge >= 0.3 is 0 Å². The van der Waals surface area contributed by atoms with Gasteiger partial charge in [0.25, 0.3) is 0 Å². The summed E-state index contributed by atoms with van der Waals surface area (Å²) >= 11 is 0. The van der Waals surface area contributed by atoms with Gasteiger partial charge in [-0.25, -0.2) is 0 Å². The van der Waals surface area contributed by atoms with E-state index in [0.29, 0.717) is 16.7 Å². The molecular weight excluding hydrogens is 689 g/mol. The van der Waals surface area contributed by atoms with Gasteiger partial charge in [0.1, 0.15) is 22.3 Å². The molecule has 258 valence electrons. The number of furan rings is 2. The van der Waals surface area contributed by atoms with E-state index in [4.69, 9.17) is 8.83 Å². The number of hydrogen-bond donors (Lipinski definition) is 0. The SMILES string of the molecule is N#Cc1cccc(C#N)c1-c1cc(-n2c3ccccc3c3c4oc5ccccc5c4ccc32)cc(-n2c3ccccc3c3c4oc5ccccc5c4ccc32)c1. The summed E-state index contributed by atoms with van der Waals surface area (Å²) < 4.78 is 17.8. The Morgan fingerprint density at radius 1 is 0.393 bits per heavy atom. The molecular formula is C50H26N4O2. The fraction of sp³-hybridized carbons (Fsp3) is 0. The summed E-state index contributed by atoms with van der Waals surface area (Å²) in [4.78, 5) is 0. The predicted molar refractivity (Wildman–Crippen MR) is 225 cm³/mol. The van der Waals surface area contributed by atoms with Crippen LogP contribution < -0.4 is 0 Å². The lowest BCUT2D eigenvalue weighted by atomic mass is 9.94. The fourth-order valence-electron chi connectivity index (χ4n) is 9.07. The van der Waals surface area contributed by atoms with E-state index in [2.05, 4.69) is 124 Å². The molecule has 0 atom stereocenters. The summed E-state index contributed by atoms with van der Waals surface area (Å²) in [6, 6.07) is 58.2. The Hall–Kier alpha value is -8.06. The highest BCUT2D eigenvalue weighted by Crippen LogP contribution is 2.44. The molecule has 12 aromatic rings. The van der Waals surface area contributed by atoms with Crippen molar-refractivity contribution in [3.8, 4) is 34.6 Å². The first-order valence-corrected chi connectivity index (χ1v) is 18.5. The third-order valence-corrected chi connectivity index (χ3v) is 11.4. The highest BCUT2D eigenvalue weighted by molar-refractivity contribution is 6.25. The number of nitrogens with zero attached hydrogens (tertiary/aromatic N) is 4. The molecule has 4 heterocycles. The van der Waals surface area contributed by atoms with Crippen molar-refractivity contribution in [1.29, 1.82) is 10.5 Å². The molecule has 0 saturated carbocycles. The van der Waals surface area contributed by atoms with Crippen LogP contribution in [0.1, 0.15) is 11.1 Å². The van der Waals surface area contributed by atoms with Crippen molar-refractivity contribution >= 4 is 87.5 Å². The monoisotopic (exact) mass is 714 g/mol. The van der Waals surface area contributed by atoms with Crippen LogP contribution >= 0.6 is 0 Å². The van der Waals surface area contributed by atoms with Gasteiger partial charge in [-0.05, 0) is 84.4 Å². The van der Waals surface area contributed by atoms with Crippen molar-refractivity contribution in [2.75, 3.05) is 0 Å². The molecule has 0 amide bonds. The van der Waals surface area contributed by atoms with Gasteiger partial charge in [-0.15, -0.1) is 0 Å². The zero-order chi connectivity index (χ0) is 37.1. The van der Waals surface area contributed by atoms with Gasteiger partial charge in [0.05, 0.1) is 56.1 Å². The summed E-state index contributed by atoms with van der Waals surface area (Å²) in [5.74, 6) is 0. The lowest BCUT2D eigenvalue weighted by molar-refractivity contribution is 0.672. The van der Waals surface area contributed by atoms with E-state index in [1.54, 1.807) is 18.2 Å². The Morgan fingerprint density at radius 2 is 0.839 bits per heavy atom. The van der Waals surface area contributed by atoms with E-state index in [9.17, 15) is 10.5 Å². The molecule has 0 aliphatic heterocycles. The number of aromatic nitrogens is 2. The summed E-state index contributed by atoms with van der Waals surface area (Å²) in [5.41, 5.74) is 11.4. The van der Waals surface area contributed by atoms with Gasteiger partial charge in [0.2, 0.25) is 0 Å². The molecule has 0 aliphatic carbocycles. The van der Waals surface area contributed by atoms with Gasteiger partial charge in [-0.3, -0.25) is 0 Å². The molecule has 6 nitrogen and oxygen atoms in total. The Morgan fingerprint density at radius 3 is 1.32 bits per heavy atom. The van der Waals surface area contributed by atoms with Gasteiger partial charge in [0, 0.05) is 49.3 Å². The Bertz CT molecular complexity index is 3510. The quantitative estimate of drug-likeness (QED) is 0.182. The second kappa shape index (κ2) is 11.2. The van der Waals surface area contributed by atoms with Gasteiger partial charge in [0.15, 0.2) is 0 Å². The maximum Gasteiger partial charge on any atom is 0.145 e. The van der Waals surface area contributed by atoms with E-state index >= 15 is 0 Å². The van der Waals surface area contributed by atoms with Crippen LogP contribution in [0.5, 0.6) is 0 Å². The van der Waals surface area contributed by atoms with Crippen LogP contribution in [0.2, 0.25) is 0 Å². The van der Waals surface area contributed by atoms with Gasteiger partial charge < -0.3 is 18.0 Å². The maximum absolute atomic E-state index is 10.4. The smallest absolute Gasteiger partial charge is 0.145 e. The van der Waals surface area contributed by atoms with E-state index < -0.39 is 0 Å². The van der Waals surface area contributed by atoms with Crippen molar-refractivity contribution in [2.24, 2.45) is 0 Å². The van der Waals surface area contributed by atoms with Crippen molar-refractivity contribution in [2.45, 2.75) is 0 Å². The lowest BCUT2D eigenvalue weighted by Gasteiger charge is -2.17. The predicted octanol–water partition coefficient (Wildman–Crippen LogP) is 13.1. The zero-order valence-corrected chi connectivity index (χ0v) is 29.6. The molecule has 0 bridgehead atoms. The normalized spacial score (nSPS) is 11.9. The third-order valence-electron chi connectivity index (χ3n) is 11.4. The molecule has 6 heteroatoms. The minimum Gasteiger partial charge on any atom is -0.455 e. The Balaban J connectivity index is 1.23. The summed E-state index contributed by atoms with van der Waals surface area (Å²) in [6.45, 7) is 0. The number of fused-ring (bicyclic) bond motifs is 14. The molecule has 0 aliphatic rings. The van der Waals surface area contributed by atoms with E-state index in [1.807, 2.05) is 36.4 Å². The minimum absolute atomic E-state index is 0.435. The van der Waals surface area contributed by atoms with Crippen LogP contribution in [0.3, 0.4) is 0 Å². The molecule has 4 aromatic heterocycles. The van der Waals surface area contributed by atoms with Crippen molar-refractivity contribution < 1.29 is 8.83 Å². The fourth-order valence-corrected chi connectivity index (χ4v) is 9.07. The number of rotatable bonds is 3. The van der Waals surface area contributed by atoms with E-state index in [1.165, 1.54) is 0 Å². The number of para-hydroxylation sites is 4. The van der Waals surface area contributed by atoms with Crippen molar-refractivity contribution in [3.63, 3.8) is 0 Å².